The second-order valence-electron chi connectivity index (χ2n) is 6.28. The molecule has 0 saturated carbocycles. The van der Waals surface area contributed by atoms with E-state index < -0.39 is 29.0 Å². The van der Waals surface area contributed by atoms with E-state index in [1.165, 1.54) is 0 Å². The molecule has 0 aromatic heterocycles. The molecular weight excluding hydrogens is 348 g/mol. The van der Waals surface area contributed by atoms with E-state index >= 15 is 0 Å². The van der Waals surface area contributed by atoms with Crippen molar-refractivity contribution in [3.05, 3.63) is 58.2 Å². The molecule has 0 radical (unpaired) electrons. The van der Waals surface area contributed by atoms with E-state index in [2.05, 4.69) is 0 Å². The Bertz CT molecular complexity index is 882. The standard InChI is InChI=1S/C21H22O6/c1-4-5-6-7-10-27-21(26)17(12(2)3)13-11-16(24)18-14(22)8-9-15(23)19(18)20(13)25/h5-6,8-9,11,22-23H,4,7,10H2,1-3H3. The number of phenols is 2. The summed E-state index contributed by atoms with van der Waals surface area (Å²) in [5, 5.41) is 19.9. The monoisotopic (exact) mass is 370 g/mol. The molecule has 1 aromatic rings. The highest BCUT2D eigenvalue weighted by Gasteiger charge is 2.35. The third kappa shape index (κ3) is 4.16. The highest BCUT2D eigenvalue weighted by molar-refractivity contribution is 6.30. The van der Waals surface area contributed by atoms with Gasteiger partial charge >= 0.3 is 5.97 Å². The summed E-state index contributed by atoms with van der Waals surface area (Å²) in [6.07, 6.45) is 6.27. The van der Waals surface area contributed by atoms with Gasteiger partial charge in [0.25, 0.3) is 0 Å². The van der Waals surface area contributed by atoms with Gasteiger partial charge in [0.05, 0.1) is 23.3 Å². The van der Waals surface area contributed by atoms with Crippen LogP contribution in [0.15, 0.2) is 47.1 Å². The molecule has 0 saturated heterocycles. The van der Waals surface area contributed by atoms with Gasteiger partial charge in [0.2, 0.25) is 0 Å². The number of esters is 1. The molecule has 6 heteroatoms. The highest BCUT2D eigenvalue weighted by atomic mass is 16.5. The van der Waals surface area contributed by atoms with Gasteiger partial charge in [0, 0.05) is 5.57 Å². The third-order valence-corrected chi connectivity index (χ3v) is 4.05. The Morgan fingerprint density at radius 2 is 1.70 bits per heavy atom. The first kappa shape index (κ1) is 20.2. The van der Waals surface area contributed by atoms with Crippen molar-refractivity contribution in [3.8, 4) is 11.5 Å². The minimum absolute atomic E-state index is 0.0128. The van der Waals surface area contributed by atoms with Gasteiger partial charge in [-0.2, -0.15) is 0 Å². The Morgan fingerprint density at radius 1 is 1.07 bits per heavy atom. The SMILES string of the molecule is CCC=CCCOC(=O)C(C1=CC(=O)c2c(O)ccc(O)c2C1=O)=C(C)C. The van der Waals surface area contributed by atoms with Gasteiger partial charge in [-0.1, -0.05) is 24.6 Å². The molecule has 2 rings (SSSR count). The Labute approximate surface area is 157 Å². The average molecular weight is 370 g/mol. The van der Waals surface area contributed by atoms with Gasteiger partial charge in [0.1, 0.15) is 11.5 Å². The molecule has 1 aliphatic carbocycles. The molecule has 0 unspecified atom stereocenters. The average Bonchev–Trinajstić information content (AvgIpc) is 2.60. The van der Waals surface area contributed by atoms with Crippen molar-refractivity contribution in [1.29, 1.82) is 0 Å². The first-order valence-corrected chi connectivity index (χ1v) is 8.65. The van der Waals surface area contributed by atoms with E-state index in [1.54, 1.807) is 13.8 Å². The maximum atomic E-state index is 12.9. The van der Waals surface area contributed by atoms with Crippen molar-refractivity contribution >= 4 is 17.5 Å². The third-order valence-electron chi connectivity index (χ3n) is 4.05. The molecule has 0 amide bonds. The molecular formula is C21H22O6. The zero-order chi connectivity index (χ0) is 20.1. The lowest BCUT2D eigenvalue weighted by Crippen LogP contribution is -2.23. The van der Waals surface area contributed by atoms with Crippen molar-refractivity contribution in [2.75, 3.05) is 6.61 Å². The number of carbonyl (C=O) groups is 3. The van der Waals surface area contributed by atoms with E-state index in [9.17, 15) is 24.6 Å². The molecule has 27 heavy (non-hydrogen) atoms. The second kappa shape index (κ2) is 8.49. The predicted octanol–water partition coefficient (Wildman–Crippen LogP) is 3.64. The number of fused-ring (bicyclic) bond motifs is 1. The first-order chi connectivity index (χ1) is 12.8. The number of ether oxygens (including phenoxy) is 1. The summed E-state index contributed by atoms with van der Waals surface area (Å²) >= 11 is 0. The van der Waals surface area contributed by atoms with Gasteiger partial charge in [-0.3, -0.25) is 9.59 Å². The van der Waals surface area contributed by atoms with Crippen molar-refractivity contribution in [3.63, 3.8) is 0 Å². The Balaban J connectivity index is 2.37. The van der Waals surface area contributed by atoms with Crippen LogP contribution in [0.2, 0.25) is 0 Å². The molecule has 0 atom stereocenters. The maximum Gasteiger partial charge on any atom is 0.338 e. The van der Waals surface area contributed by atoms with Gasteiger partial charge in [-0.05, 0) is 44.9 Å². The quantitative estimate of drug-likeness (QED) is 0.261. The fraction of sp³-hybridized carbons (Fsp3) is 0.286. The molecule has 2 N–H and O–H groups in total. The van der Waals surface area contributed by atoms with Crippen molar-refractivity contribution in [2.24, 2.45) is 0 Å². The molecule has 0 fully saturated rings. The number of benzene rings is 1. The van der Waals surface area contributed by atoms with Crippen LogP contribution in [0.5, 0.6) is 11.5 Å². The fourth-order valence-electron chi connectivity index (χ4n) is 2.81. The number of aromatic hydroxyl groups is 2. The summed E-state index contributed by atoms with van der Waals surface area (Å²) in [5.41, 5.74) is -0.242. The zero-order valence-corrected chi connectivity index (χ0v) is 15.5. The van der Waals surface area contributed by atoms with Gasteiger partial charge in [0.15, 0.2) is 11.6 Å². The molecule has 142 valence electrons. The van der Waals surface area contributed by atoms with Crippen LogP contribution < -0.4 is 0 Å². The number of rotatable bonds is 6. The Kier molecular flexibility index (Phi) is 6.34. The van der Waals surface area contributed by atoms with Gasteiger partial charge in [-0.15, -0.1) is 0 Å². The summed E-state index contributed by atoms with van der Waals surface area (Å²) < 4.78 is 5.23. The van der Waals surface area contributed by atoms with Crippen LogP contribution in [0.3, 0.4) is 0 Å². The van der Waals surface area contributed by atoms with E-state index in [4.69, 9.17) is 4.74 Å². The Morgan fingerprint density at radius 3 is 2.30 bits per heavy atom. The van der Waals surface area contributed by atoms with E-state index in [0.29, 0.717) is 12.0 Å². The van der Waals surface area contributed by atoms with E-state index in [1.807, 2.05) is 19.1 Å². The summed E-state index contributed by atoms with van der Waals surface area (Å²) in [4.78, 5) is 37.8. The number of allylic oxidation sites excluding steroid dienone is 3. The van der Waals surface area contributed by atoms with Crippen molar-refractivity contribution in [2.45, 2.75) is 33.6 Å². The van der Waals surface area contributed by atoms with Crippen molar-refractivity contribution in [1.82, 2.24) is 0 Å². The van der Waals surface area contributed by atoms with Crippen LogP contribution in [-0.2, 0) is 9.53 Å². The molecule has 0 heterocycles. The normalized spacial score (nSPS) is 13.4. The lowest BCUT2D eigenvalue weighted by Gasteiger charge is -2.19. The first-order valence-electron chi connectivity index (χ1n) is 8.65. The number of Topliss-reactive ketones (excluding diaryl/α,β-unsaturated/α-hetero) is 1. The minimum Gasteiger partial charge on any atom is -0.507 e. The number of phenolic OH excluding ortho intramolecular Hbond substituents is 2. The summed E-state index contributed by atoms with van der Waals surface area (Å²) in [6.45, 7) is 5.39. The molecule has 0 aliphatic heterocycles. The molecule has 6 nitrogen and oxygen atoms in total. The van der Waals surface area contributed by atoms with Crippen LogP contribution in [0.25, 0.3) is 0 Å². The largest absolute Gasteiger partial charge is 0.507 e. The fourth-order valence-corrected chi connectivity index (χ4v) is 2.81. The lowest BCUT2D eigenvalue weighted by atomic mass is 9.84. The molecule has 1 aromatic carbocycles. The van der Waals surface area contributed by atoms with Crippen LogP contribution in [0.1, 0.15) is 54.3 Å². The number of ketones is 2. The topological polar surface area (TPSA) is 101 Å². The van der Waals surface area contributed by atoms with Crippen LogP contribution >= 0.6 is 0 Å². The van der Waals surface area contributed by atoms with Crippen LogP contribution in [0.4, 0.5) is 0 Å². The van der Waals surface area contributed by atoms with Crippen LogP contribution in [0, 0.1) is 0 Å². The van der Waals surface area contributed by atoms with E-state index in [-0.39, 0.29) is 28.9 Å². The molecule has 0 bridgehead atoms. The number of hydrogen-bond donors (Lipinski definition) is 2. The van der Waals surface area contributed by atoms with Gasteiger partial charge < -0.3 is 14.9 Å². The number of hydrogen-bond acceptors (Lipinski definition) is 6. The Hall–Kier alpha value is -3.15. The minimum atomic E-state index is -0.713. The summed E-state index contributed by atoms with van der Waals surface area (Å²) in [5.74, 6) is -2.92. The predicted molar refractivity (Wildman–Crippen MR) is 99.9 cm³/mol. The van der Waals surface area contributed by atoms with Crippen LogP contribution in [-0.4, -0.2) is 34.4 Å². The molecule has 0 spiro atoms. The maximum absolute atomic E-state index is 12.9. The smallest absolute Gasteiger partial charge is 0.338 e. The molecule has 1 aliphatic rings. The second-order valence-corrected chi connectivity index (χ2v) is 6.28. The summed E-state index contributed by atoms with van der Waals surface area (Å²) in [6, 6.07) is 2.26. The number of carbonyl (C=O) groups excluding carboxylic acids is 3. The highest BCUT2D eigenvalue weighted by Crippen LogP contribution is 2.37. The van der Waals surface area contributed by atoms with Crippen molar-refractivity contribution < 1.29 is 29.3 Å². The van der Waals surface area contributed by atoms with E-state index in [0.717, 1.165) is 24.6 Å². The zero-order valence-electron chi connectivity index (χ0n) is 15.5. The summed E-state index contributed by atoms with van der Waals surface area (Å²) in [7, 11) is 0. The lowest BCUT2D eigenvalue weighted by molar-refractivity contribution is -0.138. The van der Waals surface area contributed by atoms with Gasteiger partial charge in [-0.25, -0.2) is 4.79 Å².